The molecule has 0 spiro atoms. The smallest absolute Gasteiger partial charge is 0.0541 e. The van der Waals surface area contributed by atoms with Crippen LogP contribution in [0.1, 0.15) is 0 Å². The molecule has 24 rings (SSSR count). The zero-order valence-electron chi connectivity index (χ0n) is 68.0. The number of benzene rings is 20. The van der Waals surface area contributed by atoms with Crippen LogP contribution in [0.3, 0.4) is 0 Å². The summed E-state index contributed by atoms with van der Waals surface area (Å²) in [7, 11) is 0. The Morgan fingerprint density at radius 2 is 0.339 bits per heavy atom. The van der Waals surface area contributed by atoms with Gasteiger partial charge in [-0.15, -0.1) is 0 Å². The van der Waals surface area contributed by atoms with Crippen LogP contribution in [0.2, 0.25) is 0 Å². The summed E-state index contributed by atoms with van der Waals surface area (Å²) >= 11 is 0. The van der Waals surface area contributed by atoms with Crippen LogP contribution in [0.15, 0.2) is 485 Å². The number of fused-ring (bicyclic) bond motifs is 12. The second kappa shape index (κ2) is 31.1. The summed E-state index contributed by atoms with van der Waals surface area (Å²) in [5.41, 5.74) is 38.4. The highest BCUT2D eigenvalue weighted by Gasteiger charge is 2.22. The van der Waals surface area contributed by atoms with Gasteiger partial charge in [0.15, 0.2) is 0 Å². The van der Waals surface area contributed by atoms with Crippen LogP contribution < -0.4 is 0 Å². The molecular formula is C120H80N4. The Labute approximate surface area is 719 Å². The fourth-order valence-corrected chi connectivity index (χ4v) is 19.1. The molecule has 580 valence electrons. The molecule has 0 saturated heterocycles. The van der Waals surface area contributed by atoms with Crippen LogP contribution in [0.5, 0.6) is 0 Å². The Bertz CT molecular complexity index is 8170. The van der Waals surface area contributed by atoms with Crippen molar-refractivity contribution in [3.05, 3.63) is 485 Å². The Hall–Kier alpha value is -16.4. The Morgan fingerprint density at radius 1 is 0.105 bits per heavy atom. The van der Waals surface area contributed by atoms with Crippen molar-refractivity contribution in [3.63, 3.8) is 0 Å². The predicted molar refractivity (Wildman–Crippen MR) is 525 cm³/mol. The van der Waals surface area contributed by atoms with Crippen LogP contribution in [-0.2, 0) is 0 Å². The van der Waals surface area contributed by atoms with Crippen LogP contribution in [-0.4, -0.2) is 18.3 Å². The standard InChI is InChI=1S/2C60H40N2/c1-3-14-41(15-4-1)43-26-28-45(29-27-43)51-20-7-10-23-56(51)62-58-25-12-9-22-53(58)55-40-49(33-37-60(55)62)48-32-36-59-54(39-48)52-21-8-11-24-57(52)61(59)50-34-30-44(31-35-50)47-19-13-18-46(38-47)42-16-5-2-6-17-42;1-3-15-41(16-4-1)42-29-31-43(32-30-42)45-19-13-21-49(37-45)61-57-27-11-9-25-53(57)55-39-46(33-35-59(55)61)47-34-36-60-56(40-47)54-26-10-12-28-58(54)62(60)50-22-14-20-48(38-50)52-24-8-7-23-51(52)44-17-5-2-6-18-44/h2*1-40H. The van der Waals surface area contributed by atoms with E-state index in [1.807, 2.05) is 0 Å². The molecule has 0 fully saturated rings. The second-order valence-electron chi connectivity index (χ2n) is 32.2. The number of para-hydroxylation sites is 5. The Kier molecular flexibility index (Phi) is 18.2. The summed E-state index contributed by atoms with van der Waals surface area (Å²) < 4.78 is 9.68. The fourth-order valence-electron chi connectivity index (χ4n) is 19.1. The molecule has 4 heterocycles. The lowest BCUT2D eigenvalue weighted by atomic mass is 9.94. The Morgan fingerprint density at radius 3 is 0.766 bits per heavy atom. The number of nitrogens with zero attached hydrogens (tertiary/aromatic N) is 4. The molecule has 4 aromatic heterocycles. The molecule has 0 aliphatic heterocycles. The molecule has 0 amide bonds. The fraction of sp³-hybridized carbons (Fsp3) is 0. The molecular weight excluding hydrogens is 1500 g/mol. The first-order chi connectivity index (χ1) is 61.5. The molecule has 0 radical (unpaired) electrons. The summed E-state index contributed by atoms with van der Waals surface area (Å²) in [6.07, 6.45) is 0. The van der Waals surface area contributed by atoms with Crippen LogP contribution in [0, 0.1) is 0 Å². The lowest BCUT2D eigenvalue weighted by molar-refractivity contribution is 1.18. The summed E-state index contributed by atoms with van der Waals surface area (Å²) in [6.45, 7) is 0. The van der Waals surface area contributed by atoms with Crippen molar-refractivity contribution in [3.8, 4) is 134 Å². The van der Waals surface area contributed by atoms with E-state index < -0.39 is 0 Å². The van der Waals surface area contributed by atoms with Crippen molar-refractivity contribution in [1.82, 2.24) is 18.3 Å². The maximum absolute atomic E-state index is 2.44. The average molecular weight is 1580 g/mol. The van der Waals surface area contributed by atoms with Gasteiger partial charge < -0.3 is 18.3 Å². The van der Waals surface area contributed by atoms with Gasteiger partial charge in [-0.2, -0.15) is 0 Å². The van der Waals surface area contributed by atoms with Gasteiger partial charge in [0.05, 0.1) is 49.8 Å². The van der Waals surface area contributed by atoms with Crippen molar-refractivity contribution in [2.45, 2.75) is 0 Å². The van der Waals surface area contributed by atoms with E-state index in [1.165, 1.54) is 204 Å². The van der Waals surface area contributed by atoms with E-state index in [-0.39, 0.29) is 0 Å². The normalized spacial score (nSPS) is 11.5. The molecule has 124 heavy (non-hydrogen) atoms. The maximum atomic E-state index is 2.44. The predicted octanol–water partition coefficient (Wildman–Crippen LogP) is 32.4. The van der Waals surface area contributed by atoms with E-state index >= 15 is 0 Å². The van der Waals surface area contributed by atoms with Crippen molar-refractivity contribution in [2.24, 2.45) is 0 Å². The first-order valence-corrected chi connectivity index (χ1v) is 42.7. The van der Waals surface area contributed by atoms with Gasteiger partial charge in [-0.25, -0.2) is 0 Å². The third kappa shape index (κ3) is 13.0. The quantitative estimate of drug-likeness (QED) is 0.103. The van der Waals surface area contributed by atoms with Gasteiger partial charge in [0.25, 0.3) is 0 Å². The third-order valence-corrected chi connectivity index (χ3v) is 25.1. The minimum atomic E-state index is 1.15. The van der Waals surface area contributed by atoms with Gasteiger partial charge in [0.2, 0.25) is 0 Å². The molecule has 0 atom stereocenters. The van der Waals surface area contributed by atoms with Gasteiger partial charge in [-0.3, -0.25) is 0 Å². The van der Waals surface area contributed by atoms with Crippen molar-refractivity contribution >= 4 is 87.2 Å². The average Bonchev–Trinajstić information content (AvgIpc) is 1.58. The molecule has 0 unspecified atom stereocenters. The first kappa shape index (κ1) is 72.8. The van der Waals surface area contributed by atoms with Crippen LogP contribution in [0.4, 0.5) is 0 Å². The highest BCUT2D eigenvalue weighted by molar-refractivity contribution is 6.15. The molecule has 0 bridgehead atoms. The largest absolute Gasteiger partial charge is 0.309 e. The van der Waals surface area contributed by atoms with E-state index in [0.29, 0.717) is 0 Å². The number of aromatic nitrogens is 4. The van der Waals surface area contributed by atoms with Gasteiger partial charge in [0.1, 0.15) is 0 Å². The van der Waals surface area contributed by atoms with E-state index in [9.17, 15) is 0 Å². The van der Waals surface area contributed by atoms with E-state index in [1.54, 1.807) is 0 Å². The molecule has 24 aromatic rings. The van der Waals surface area contributed by atoms with E-state index in [2.05, 4.69) is 504 Å². The summed E-state index contributed by atoms with van der Waals surface area (Å²) in [5, 5.41) is 9.94. The topological polar surface area (TPSA) is 19.7 Å². The second-order valence-corrected chi connectivity index (χ2v) is 32.2. The number of rotatable bonds is 14. The van der Waals surface area contributed by atoms with Gasteiger partial charge in [0, 0.05) is 65.7 Å². The third-order valence-electron chi connectivity index (χ3n) is 25.1. The van der Waals surface area contributed by atoms with Gasteiger partial charge in [-0.1, -0.05) is 364 Å². The molecule has 4 nitrogen and oxygen atoms in total. The monoisotopic (exact) mass is 1580 g/mol. The van der Waals surface area contributed by atoms with Crippen molar-refractivity contribution < 1.29 is 0 Å². The van der Waals surface area contributed by atoms with Gasteiger partial charge in [-0.05, 0) is 227 Å². The summed E-state index contributed by atoms with van der Waals surface area (Å²) in [5.74, 6) is 0. The minimum absolute atomic E-state index is 1.15. The van der Waals surface area contributed by atoms with Crippen molar-refractivity contribution in [1.29, 1.82) is 0 Å². The molecule has 0 N–H and O–H groups in total. The van der Waals surface area contributed by atoms with Crippen LogP contribution >= 0.6 is 0 Å². The number of hydrogen-bond donors (Lipinski definition) is 0. The van der Waals surface area contributed by atoms with Crippen LogP contribution in [0.25, 0.3) is 221 Å². The highest BCUT2D eigenvalue weighted by Crippen LogP contribution is 2.45. The Balaban J connectivity index is 0.000000143. The lowest BCUT2D eigenvalue weighted by Crippen LogP contribution is -1.97. The molecule has 0 saturated carbocycles. The number of hydrogen-bond acceptors (Lipinski definition) is 0. The lowest BCUT2D eigenvalue weighted by Gasteiger charge is -2.14. The zero-order chi connectivity index (χ0) is 82.0. The highest BCUT2D eigenvalue weighted by atomic mass is 15.0. The molecule has 0 aliphatic rings. The van der Waals surface area contributed by atoms with Crippen molar-refractivity contribution in [2.75, 3.05) is 0 Å². The SMILES string of the molecule is c1ccc(-c2ccc(-c3cccc(-n4c5ccccc5c5cc(-c6ccc7c(c6)c6ccccc6n7-c6cccc(-c7ccccc7-c7ccccc7)c6)ccc54)c3)cc2)cc1.c1ccc(-c2ccc(-c3ccccc3-n3c4ccccc4c4cc(-c5ccc6c(c5)c5ccccc5n6-c5ccc(-c6cccc(-c7ccccc7)c6)cc5)ccc43)cc2)cc1. The van der Waals surface area contributed by atoms with Gasteiger partial charge >= 0.3 is 0 Å². The maximum Gasteiger partial charge on any atom is 0.0541 e. The summed E-state index contributed by atoms with van der Waals surface area (Å²) in [6, 6.07) is 177. The molecule has 0 aliphatic carbocycles. The molecule has 4 heteroatoms. The molecule has 20 aromatic carbocycles. The van der Waals surface area contributed by atoms with E-state index in [4.69, 9.17) is 0 Å². The first-order valence-electron chi connectivity index (χ1n) is 42.7. The minimum Gasteiger partial charge on any atom is -0.309 e. The zero-order valence-corrected chi connectivity index (χ0v) is 68.0. The summed E-state index contributed by atoms with van der Waals surface area (Å²) in [4.78, 5) is 0. The van der Waals surface area contributed by atoms with E-state index in [0.717, 1.165) is 17.1 Å².